The molecule has 0 radical (unpaired) electrons. The van der Waals surface area contributed by atoms with E-state index in [9.17, 15) is 0 Å². The molecule has 0 fully saturated rings. The van der Waals surface area contributed by atoms with Gasteiger partial charge in [-0.05, 0) is 49.2 Å². The number of hydrogen-bond acceptors (Lipinski definition) is 3. The second kappa shape index (κ2) is 6.81. The van der Waals surface area contributed by atoms with Gasteiger partial charge in [0.25, 0.3) is 0 Å². The zero-order valence-electron chi connectivity index (χ0n) is 13.6. The molecule has 2 rings (SSSR count). The lowest BCUT2D eigenvalue weighted by Gasteiger charge is -2.22. The van der Waals surface area contributed by atoms with E-state index in [2.05, 4.69) is 51.2 Å². The lowest BCUT2D eigenvalue weighted by Crippen LogP contribution is -2.23. The Labute approximate surface area is 127 Å². The quantitative estimate of drug-likeness (QED) is 0.866. The number of furan rings is 1. The monoisotopic (exact) mass is 287 g/mol. The standard InChI is InChI=1S/C18H25NO2/c1-6-16-14(8-9-21-16)18(19-7-2)15-10-13(4)17(20-5)11-12(15)3/h8-11,18-19H,6-7H2,1-5H3. The van der Waals surface area contributed by atoms with E-state index in [-0.39, 0.29) is 6.04 Å². The summed E-state index contributed by atoms with van der Waals surface area (Å²) in [5.41, 5.74) is 4.90. The molecule has 21 heavy (non-hydrogen) atoms. The third-order valence-corrected chi connectivity index (χ3v) is 3.91. The summed E-state index contributed by atoms with van der Waals surface area (Å²) in [5, 5.41) is 3.58. The van der Waals surface area contributed by atoms with Gasteiger partial charge in [-0.2, -0.15) is 0 Å². The predicted molar refractivity (Wildman–Crippen MR) is 86.1 cm³/mol. The van der Waals surface area contributed by atoms with Crippen molar-refractivity contribution < 1.29 is 9.15 Å². The molecule has 1 heterocycles. The van der Waals surface area contributed by atoms with Gasteiger partial charge >= 0.3 is 0 Å². The van der Waals surface area contributed by atoms with Gasteiger partial charge in [0.05, 0.1) is 19.4 Å². The molecule has 1 aromatic carbocycles. The van der Waals surface area contributed by atoms with Gasteiger partial charge in [0.15, 0.2) is 0 Å². The summed E-state index contributed by atoms with van der Waals surface area (Å²) in [6.07, 6.45) is 2.68. The minimum atomic E-state index is 0.160. The maximum absolute atomic E-state index is 5.61. The van der Waals surface area contributed by atoms with E-state index in [0.717, 1.165) is 30.0 Å². The van der Waals surface area contributed by atoms with Crippen LogP contribution in [0, 0.1) is 13.8 Å². The van der Waals surface area contributed by atoms with Crippen LogP contribution >= 0.6 is 0 Å². The molecule has 2 aromatic rings. The molecule has 0 spiro atoms. The molecule has 0 amide bonds. The third-order valence-electron chi connectivity index (χ3n) is 3.91. The Balaban J connectivity index is 2.50. The van der Waals surface area contributed by atoms with Gasteiger partial charge < -0.3 is 14.5 Å². The molecule has 0 aliphatic rings. The molecule has 1 aromatic heterocycles. The van der Waals surface area contributed by atoms with Crippen molar-refractivity contribution in [3.8, 4) is 5.75 Å². The lowest BCUT2D eigenvalue weighted by atomic mass is 9.92. The number of ether oxygens (including phenoxy) is 1. The Morgan fingerprint density at radius 1 is 1.14 bits per heavy atom. The average Bonchev–Trinajstić information content (AvgIpc) is 2.95. The van der Waals surface area contributed by atoms with E-state index in [1.165, 1.54) is 16.7 Å². The Bertz CT molecular complexity index is 601. The molecular formula is C18H25NO2. The predicted octanol–water partition coefficient (Wildman–Crippen LogP) is 4.17. The van der Waals surface area contributed by atoms with E-state index < -0.39 is 0 Å². The van der Waals surface area contributed by atoms with Crippen LogP contribution in [0.2, 0.25) is 0 Å². The zero-order chi connectivity index (χ0) is 15.4. The Hall–Kier alpha value is -1.74. The molecule has 0 aliphatic carbocycles. The molecule has 3 nitrogen and oxygen atoms in total. The summed E-state index contributed by atoms with van der Waals surface area (Å²) in [6.45, 7) is 9.37. The first-order chi connectivity index (χ1) is 10.1. The second-order valence-electron chi connectivity index (χ2n) is 5.32. The molecular weight excluding hydrogens is 262 g/mol. The van der Waals surface area contributed by atoms with Crippen LogP contribution in [-0.2, 0) is 6.42 Å². The minimum Gasteiger partial charge on any atom is -0.496 e. The summed E-state index contributed by atoms with van der Waals surface area (Å²) in [7, 11) is 1.72. The van der Waals surface area contributed by atoms with E-state index in [4.69, 9.17) is 9.15 Å². The van der Waals surface area contributed by atoms with E-state index in [0.29, 0.717) is 0 Å². The molecule has 1 atom stereocenters. The Morgan fingerprint density at radius 2 is 1.90 bits per heavy atom. The van der Waals surface area contributed by atoms with Crippen LogP contribution in [0.15, 0.2) is 28.9 Å². The average molecular weight is 287 g/mol. The minimum absolute atomic E-state index is 0.160. The lowest BCUT2D eigenvalue weighted by molar-refractivity contribution is 0.411. The molecule has 114 valence electrons. The van der Waals surface area contributed by atoms with E-state index >= 15 is 0 Å². The van der Waals surface area contributed by atoms with Crippen LogP contribution in [0.3, 0.4) is 0 Å². The highest BCUT2D eigenvalue weighted by molar-refractivity contribution is 5.46. The van der Waals surface area contributed by atoms with Crippen molar-refractivity contribution in [3.05, 3.63) is 52.5 Å². The van der Waals surface area contributed by atoms with Crippen LogP contribution in [-0.4, -0.2) is 13.7 Å². The normalized spacial score (nSPS) is 12.4. The van der Waals surface area contributed by atoms with Crippen LogP contribution in [0.1, 0.15) is 47.9 Å². The maximum Gasteiger partial charge on any atom is 0.122 e. The second-order valence-corrected chi connectivity index (χ2v) is 5.32. The van der Waals surface area contributed by atoms with Crippen LogP contribution in [0.25, 0.3) is 0 Å². The first-order valence-corrected chi connectivity index (χ1v) is 7.57. The van der Waals surface area contributed by atoms with Gasteiger partial charge in [-0.1, -0.05) is 19.9 Å². The highest BCUT2D eigenvalue weighted by atomic mass is 16.5. The molecule has 0 saturated carbocycles. The molecule has 0 saturated heterocycles. The maximum atomic E-state index is 5.61. The summed E-state index contributed by atoms with van der Waals surface area (Å²) in [6, 6.07) is 6.56. The molecule has 0 bridgehead atoms. The summed E-state index contributed by atoms with van der Waals surface area (Å²) in [4.78, 5) is 0. The van der Waals surface area contributed by atoms with Gasteiger partial charge in [0, 0.05) is 12.0 Å². The highest BCUT2D eigenvalue weighted by Gasteiger charge is 2.21. The van der Waals surface area contributed by atoms with Gasteiger partial charge in [0.1, 0.15) is 11.5 Å². The van der Waals surface area contributed by atoms with Crippen LogP contribution in [0.5, 0.6) is 5.75 Å². The fraction of sp³-hybridized carbons (Fsp3) is 0.444. The number of aryl methyl sites for hydroxylation is 3. The largest absolute Gasteiger partial charge is 0.496 e. The summed E-state index contributed by atoms with van der Waals surface area (Å²) in [5.74, 6) is 1.99. The van der Waals surface area contributed by atoms with Gasteiger partial charge in [-0.25, -0.2) is 0 Å². The summed E-state index contributed by atoms with van der Waals surface area (Å²) >= 11 is 0. The molecule has 1 unspecified atom stereocenters. The number of benzene rings is 1. The Kier molecular flexibility index (Phi) is 5.07. The smallest absolute Gasteiger partial charge is 0.122 e. The van der Waals surface area contributed by atoms with Gasteiger partial charge in [-0.3, -0.25) is 0 Å². The molecule has 1 N–H and O–H groups in total. The van der Waals surface area contributed by atoms with E-state index in [1.807, 2.05) is 0 Å². The first kappa shape index (κ1) is 15.6. The van der Waals surface area contributed by atoms with Crippen molar-refractivity contribution in [2.45, 2.75) is 40.2 Å². The molecule has 3 heteroatoms. The number of rotatable bonds is 6. The fourth-order valence-electron chi connectivity index (χ4n) is 2.83. The SMILES string of the molecule is CCNC(c1cc(C)c(OC)cc1C)c1ccoc1CC. The van der Waals surface area contributed by atoms with Crippen molar-refractivity contribution in [2.75, 3.05) is 13.7 Å². The zero-order valence-corrected chi connectivity index (χ0v) is 13.6. The van der Waals surface area contributed by atoms with Crippen LogP contribution in [0.4, 0.5) is 0 Å². The van der Waals surface area contributed by atoms with Crippen molar-refractivity contribution in [1.82, 2.24) is 5.32 Å². The Morgan fingerprint density at radius 3 is 2.52 bits per heavy atom. The first-order valence-electron chi connectivity index (χ1n) is 7.57. The topological polar surface area (TPSA) is 34.4 Å². The summed E-state index contributed by atoms with van der Waals surface area (Å²) < 4.78 is 11.0. The van der Waals surface area contributed by atoms with Gasteiger partial charge in [-0.15, -0.1) is 0 Å². The van der Waals surface area contributed by atoms with Crippen molar-refractivity contribution in [3.63, 3.8) is 0 Å². The van der Waals surface area contributed by atoms with Crippen molar-refractivity contribution in [2.24, 2.45) is 0 Å². The van der Waals surface area contributed by atoms with Crippen LogP contribution < -0.4 is 10.1 Å². The van der Waals surface area contributed by atoms with E-state index in [1.54, 1.807) is 13.4 Å². The fourth-order valence-corrected chi connectivity index (χ4v) is 2.83. The third kappa shape index (κ3) is 3.13. The van der Waals surface area contributed by atoms with Crippen molar-refractivity contribution in [1.29, 1.82) is 0 Å². The highest BCUT2D eigenvalue weighted by Crippen LogP contribution is 2.32. The number of hydrogen-bond donors (Lipinski definition) is 1. The number of nitrogens with one attached hydrogen (secondary N) is 1. The molecule has 0 aliphatic heterocycles. The van der Waals surface area contributed by atoms with Gasteiger partial charge in [0.2, 0.25) is 0 Å². The van der Waals surface area contributed by atoms with Crippen molar-refractivity contribution >= 4 is 0 Å². The number of methoxy groups -OCH3 is 1.